The van der Waals surface area contributed by atoms with Crippen molar-refractivity contribution in [2.24, 2.45) is 0 Å². The Morgan fingerprint density at radius 1 is 0.500 bits per heavy atom. The van der Waals surface area contributed by atoms with Crippen LogP contribution in [0.25, 0.3) is 0 Å². The van der Waals surface area contributed by atoms with Crippen LogP contribution in [0.4, 0.5) is 0 Å². The number of rotatable bonds is 0. The molecule has 0 aromatic rings. The van der Waals surface area contributed by atoms with E-state index >= 15 is 0 Å². The molecular formula is H6CdFe2O3. The molecule has 0 aliphatic carbocycles. The van der Waals surface area contributed by atoms with Gasteiger partial charge in [0.1, 0.15) is 0 Å². The van der Waals surface area contributed by atoms with Gasteiger partial charge in [0.05, 0.1) is 0 Å². The van der Waals surface area contributed by atoms with Gasteiger partial charge in [-0.15, -0.1) is 0 Å². The summed E-state index contributed by atoms with van der Waals surface area (Å²) in [6.45, 7) is 0. The first-order valence-corrected chi connectivity index (χ1v) is 0. The van der Waals surface area contributed by atoms with Crippen molar-refractivity contribution in [3.8, 4) is 0 Å². The largest absolute Gasteiger partial charge is 0.412 e. The van der Waals surface area contributed by atoms with Crippen LogP contribution in [0.15, 0.2) is 0 Å². The average Bonchev–Trinajstić information content (AvgIpc) is 0. The molecule has 0 aromatic carbocycles. The second-order valence-electron chi connectivity index (χ2n) is 0. The molecule has 0 rings (SSSR count). The molecule has 6 heavy (non-hydrogen) atoms. The molecule has 0 aromatic heterocycles. The monoisotopic (exact) mass is 280 g/mol. The van der Waals surface area contributed by atoms with Crippen LogP contribution in [0.3, 0.4) is 0 Å². The fourth-order valence-corrected chi connectivity index (χ4v) is 0. The maximum Gasteiger partial charge on any atom is 0 e. The number of hydrogen-bond donors (Lipinski definition) is 0. The molecule has 0 fully saturated rings. The minimum absolute atomic E-state index is 0. The van der Waals surface area contributed by atoms with Gasteiger partial charge < -0.3 is 16.4 Å². The van der Waals surface area contributed by atoms with Crippen LogP contribution in [0.1, 0.15) is 0 Å². The molecule has 0 spiro atoms. The van der Waals surface area contributed by atoms with Crippen molar-refractivity contribution in [1.29, 1.82) is 0 Å². The van der Waals surface area contributed by atoms with E-state index in [9.17, 15) is 0 Å². The maximum absolute atomic E-state index is 0. The predicted molar refractivity (Wildman–Crippen MR) is 10.8 cm³/mol. The molecule has 0 saturated carbocycles. The van der Waals surface area contributed by atoms with E-state index in [0.717, 1.165) is 0 Å². The van der Waals surface area contributed by atoms with E-state index in [1.54, 1.807) is 0 Å². The molecule has 0 saturated heterocycles. The minimum Gasteiger partial charge on any atom is -0.412 e. The number of hydrogen-bond acceptors (Lipinski definition) is 0. The molecule has 6 heteroatoms. The Labute approximate surface area is 77.3 Å². The Hall–Kier alpha value is 1.84. The molecule has 0 amide bonds. The third-order valence-corrected chi connectivity index (χ3v) is 0. The van der Waals surface area contributed by atoms with Gasteiger partial charge in [-0.05, 0) is 0 Å². The molecular weight excluding hydrogens is 272 g/mol. The van der Waals surface area contributed by atoms with E-state index < -0.39 is 0 Å². The molecule has 6 N–H and O–H groups in total. The molecule has 0 aliphatic heterocycles. The van der Waals surface area contributed by atoms with Gasteiger partial charge in [0.25, 0.3) is 0 Å². The molecule has 3 nitrogen and oxygen atoms in total. The summed E-state index contributed by atoms with van der Waals surface area (Å²) in [6.07, 6.45) is 0. The maximum atomic E-state index is 0. The van der Waals surface area contributed by atoms with Crippen LogP contribution >= 0.6 is 0 Å². The van der Waals surface area contributed by atoms with Gasteiger partial charge in [0, 0.05) is 61.4 Å². The van der Waals surface area contributed by atoms with E-state index in [1.165, 1.54) is 0 Å². The Morgan fingerprint density at radius 2 is 0.500 bits per heavy atom. The summed E-state index contributed by atoms with van der Waals surface area (Å²) < 4.78 is 0. The Morgan fingerprint density at radius 3 is 0.500 bits per heavy atom. The summed E-state index contributed by atoms with van der Waals surface area (Å²) in [7, 11) is 0. The molecule has 0 atom stereocenters. The van der Waals surface area contributed by atoms with Gasteiger partial charge >= 0.3 is 0 Å². The van der Waals surface area contributed by atoms with E-state index in [-0.39, 0.29) is 77.9 Å². The second-order valence-corrected chi connectivity index (χ2v) is 0. The zero-order valence-corrected chi connectivity index (χ0v) is 9.16. The van der Waals surface area contributed by atoms with Gasteiger partial charge in [-0.25, -0.2) is 0 Å². The van der Waals surface area contributed by atoms with Crippen molar-refractivity contribution in [3.63, 3.8) is 0 Å². The van der Waals surface area contributed by atoms with Crippen LogP contribution in [0.2, 0.25) is 0 Å². The smallest absolute Gasteiger partial charge is 0 e. The zero-order chi connectivity index (χ0) is 0. The van der Waals surface area contributed by atoms with Crippen LogP contribution in [0.5, 0.6) is 0 Å². The first kappa shape index (κ1) is 108. The molecule has 0 radical (unpaired) electrons. The van der Waals surface area contributed by atoms with E-state index in [2.05, 4.69) is 0 Å². The van der Waals surface area contributed by atoms with Gasteiger partial charge in [-0.3, -0.25) is 0 Å². The fraction of sp³-hybridized carbons (Fsp3) is 0. The standard InChI is InChI=1S/Cd.2Fe.3H2O/h;;;3*1H2. The molecule has 0 aliphatic rings. The van der Waals surface area contributed by atoms with Gasteiger partial charge in [-0.1, -0.05) is 0 Å². The predicted octanol–water partition coefficient (Wildman–Crippen LogP) is -2.48. The van der Waals surface area contributed by atoms with Gasteiger partial charge in [-0.2, -0.15) is 0 Å². The second kappa shape index (κ2) is 68.9. The molecule has 0 unspecified atom stereocenters. The van der Waals surface area contributed by atoms with E-state index in [0.29, 0.717) is 0 Å². The van der Waals surface area contributed by atoms with Gasteiger partial charge in [0.15, 0.2) is 0 Å². The van der Waals surface area contributed by atoms with Crippen LogP contribution < -0.4 is 0 Å². The Balaban J connectivity index is 0. The summed E-state index contributed by atoms with van der Waals surface area (Å²) in [5.74, 6) is 0. The third-order valence-electron chi connectivity index (χ3n) is 0. The van der Waals surface area contributed by atoms with Crippen LogP contribution in [0, 0.1) is 0 Å². The van der Waals surface area contributed by atoms with Crippen molar-refractivity contribution in [2.45, 2.75) is 0 Å². The first-order chi connectivity index (χ1) is 0. The Bertz CT molecular complexity index is 8.75. The van der Waals surface area contributed by atoms with E-state index in [4.69, 9.17) is 0 Å². The van der Waals surface area contributed by atoms with Crippen molar-refractivity contribution in [1.82, 2.24) is 0 Å². The van der Waals surface area contributed by atoms with Crippen molar-refractivity contribution in [3.05, 3.63) is 0 Å². The zero-order valence-electron chi connectivity index (χ0n) is 2.91. The van der Waals surface area contributed by atoms with Crippen LogP contribution in [-0.4, -0.2) is 16.4 Å². The first-order valence-electron chi connectivity index (χ1n) is 0. The molecule has 0 heterocycles. The topological polar surface area (TPSA) is 94.5 Å². The summed E-state index contributed by atoms with van der Waals surface area (Å²) >= 11 is 0. The minimum atomic E-state index is 0. The van der Waals surface area contributed by atoms with E-state index in [1.807, 2.05) is 0 Å². The van der Waals surface area contributed by atoms with Gasteiger partial charge in [0.2, 0.25) is 0 Å². The van der Waals surface area contributed by atoms with Crippen molar-refractivity contribution in [2.75, 3.05) is 0 Å². The molecule has 0 bridgehead atoms. The average molecular weight is 278 g/mol. The third kappa shape index (κ3) is 40.4. The summed E-state index contributed by atoms with van der Waals surface area (Å²) in [6, 6.07) is 0. The molecule has 42 valence electrons. The normalized spacial score (nSPS) is 0. The summed E-state index contributed by atoms with van der Waals surface area (Å²) in [4.78, 5) is 0. The SMILES string of the molecule is O.O.O.[Cd].[Fe].[Fe]. The fourth-order valence-electron chi connectivity index (χ4n) is 0. The van der Waals surface area contributed by atoms with Crippen molar-refractivity contribution < 1.29 is 77.9 Å². The van der Waals surface area contributed by atoms with Crippen molar-refractivity contribution >= 4 is 0 Å². The summed E-state index contributed by atoms with van der Waals surface area (Å²) in [5, 5.41) is 0. The van der Waals surface area contributed by atoms with Crippen LogP contribution in [-0.2, 0) is 61.4 Å². The quantitative estimate of drug-likeness (QED) is 0.439. The Kier molecular flexibility index (Phi) is 1240. The summed E-state index contributed by atoms with van der Waals surface area (Å²) in [5.41, 5.74) is 0.